The first kappa shape index (κ1) is 9.41. The van der Waals surface area contributed by atoms with Gasteiger partial charge in [-0.25, -0.2) is 4.39 Å². The van der Waals surface area contributed by atoms with Gasteiger partial charge in [0, 0.05) is 13.1 Å². The second-order valence-corrected chi connectivity index (χ2v) is 2.94. The van der Waals surface area contributed by atoms with Crippen molar-refractivity contribution in [2.24, 2.45) is 0 Å². The van der Waals surface area contributed by atoms with Crippen LogP contribution in [0, 0.1) is 0 Å². The van der Waals surface area contributed by atoms with Crippen LogP contribution in [0.2, 0.25) is 0 Å². The standard InChI is InChI=1S/C7H13FN2O2/c1-7(10-6(11)4-8)5-9-2-3-12-7/h9H,2-5H2,1H3,(H,10,11). The smallest absolute Gasteiger partial charge is 0.253 e. The minimum absolute atomic E-state index is 0.513. The highest BCUT2D eigenvalue weighted by atomic mass is 19.1. The third-order valence-electron chi connectivity index (χ3n) is 1.69. The fourth-order valence-electron chi connectivity index (χ4n) is 1.14. The number of carbonyl (C=O) groups is 1. The maximum atomic E-state index is 11.8. The Morgan fingerprint density at radius 3 is 3.08 bits per heavy atom. The van der Waals surface area contributed by atoms with Crippen LogP contribution in [-0.2, 0) is 9.53 Å². The summed E-state index contributed by atoms with van der Waals surface area (Å²) in [6, 6.07) is 0. The zero-order valence-corrected chi connectivity index (χ0v) is 7.02. The summed E-state index contributed by atoms with van der Waals surface area (Å²) in [7, 11) is 0. The van der Waals surface area contributed by atoms with E-state index in [4.69, 9.17) is 4.74 Å². The molecule has 1 unspecified atom stereocenters. The molecule has 12 heavy (non-hydrogen) atoms. The molecule has 0 saturated carbocycles. The first-order valence-corrected chi connectivity index (χ1v) is 3.88. The Morgan fingerprint density at radius 1 is 1.83 bits per heavy atom. The van der Waals surface area contributed by atoms with Crippen molar-refractivity contribution in [1.29, 1.82) is 0 Å². The normalized spacial score (nSPS) is 29.8. The molecule has 2 N–H and O–H groups in total. The summed E-state index contributed by atoms with van der Waals surface area (Å²) < 4.78 is 17.1. The average Bonchev–Trinajstić information content (AvgIpc) is 2.05. The van der Waals surface area contributed by atoms with E-state index >= 15 is 0 Å². The molecule has 0 aromatic carbocycles. The van der Waals surface area contributed by atoms with Crippen molar-refractivity contribution in [2.45, 2.75) is 12.6 Å². The number of halogens is 1. The summed E-state index contributed by atoms with van der Waals surface area (Å²) in [6.07, 6.45) is 0. The van der Waals surface area contributed by atoms with Crippen LogP contribution in [0.5, 0.6) is 0 Å². The van der Waals surface area contributed by atoms with Crippen molar-refractivity contribution < 1.29 is 13.9 Å². The number of morpholine rings is 1. The minimum atomic E-state index is -1.00. The molecule has 1 saturated heterocycles. The monoisotopic (exact) mass is 176 g/mol. The van der Waals surface area contributed by atoms with Crippen molar-refractivity contribution >= 4 is 5.91 Å². The summed E-state index contributed by atoms with van der Waals surface area (Å²) >= 11 is 0. The van der Waals surface area contributed by atoms with Crippen LogP contribution < -0.4 is 10.6 Å². The van der Waals surface area contributed by atoms with Crippen molar-refractivity contribution in [1.82, 2.24) is 10.6 Å². The van der Waals surface area contributed by atoms with E-state index in [0.29, 0.717) is 13.2 Å². The molecule has 0 aromatic rings. The molecule has 0 spiro atoms. The lowest BCUT2D eigenvalue weighted by Gasteiger charge is -2.34. The molecule has 4 nitrogen and oxygen atoms in total. The lowest BCUT2D eigenvalue weighted by molar-refractivity contribution is -0.136. The predicted octanol–water partition coefficient (Wildman–Crippen LogP) is -0.592. The van der Waals surface area contributed by atoms with Crippen molar-refractivity contribution in [3.63, 3.8) is 0 Å². The summed E-state index contributed by atoms with van der Waals surface area (Å²) in [6.45, 7) is 2.52. The maximum absolute atomic E-state index is 11.8. The van der Waals surface area contributed by atoms with E-state index < -0.39 is 18.3 Å². The molecule has 0 aliphatic carbocycles. The van der Waals surface area contributed by atoms with E-state index in [2.05, 4.69) is 10.6 Å². The molecule has 0 aromatic heterocycles. The van der Waals surface area contributed by atoms with Crippen LogP contribution in [0.4, 0.5) is 4.39 Å². The Labute approximate surface area is 70.5 Å². The van der Waals surface area contributed by atoms with Crippen LogP contribution in [-0.4, -0.2) is 38.0 Å². The predicted molar refractivity (Wildman–Crippen MR) is 41.3 cm³/mol. The lowest BCUT2D eigenvalue weighted by Crippen LogP contribution is -2.58. The molecule has 0 bridgehead atoms. The summed E-state index contributed by atoms with van der Waals surface area (Å²) in [5.74, 6) is -0.638. The molecule has 70 valence electrons. The lowest BCUT2D eigenvalue weighted by atomic mass is 10.2. The Kier molecular flexibility index (Phi) is 2.99. The van der Waals surface area contributed by atoms with Gasteiger partial charge in [-0.15, -0.1) is 0 Å². The highest BCUT2D eigenvalue weighted by Gasteiger charge is 2.28. The average molecular weight is 176 g/mol. The molecular weight excluding hydrogens is 163 g/mol. The van der Waals surface area contributed by atoms with E-state index in [1.807, 2.05) is 0 Å². The minimum Gasteiger partial charge on any atom is -0.353 e. The first-order chi connectivity index (χ1) is 5.66. The molecule has 1 amide bonds. The zero-order valence-electron chi connectivity index (χ0n) is 7.02. The molecule has 1 rings (SSSR count). The molecule has 1 aliphatic heterocycles. The van der Waals surface area contributed by atoms with Crippen LogP contribution in [0.1, 0.15) is 6.92 Å². The number of hydrogen-bond donors (Lipinski definition) is 2. The zero-order chi connectivity index (χ0) is 9.03. The number of alkyl halides is 1. The molecule has 1 atom stereocenters. The highest BCUT2D eigenvalue weighted by Crippen LogP contribution is 2.07. The first-order valence-electron chi connectivity index (χ1n) is 3.88. The number of rotatable bonds is 2. The van der Waals surface area contributed by atoms with Crippen LogP contribution >= 0.6 is 0 Å². The van der Waals surface area contributed by atoms with E-state index in [1.165, 1.54) is 0 Å². The summed E-state index contributed by atoms with van der Waals surface area (Å²) in [4.78, 5) is 10.7. The quantitative estimate of drug-likeness (QED) is 0.591. The van der Waals surface area contributed by atoms with Crippen LogP contribution in [0.3, 0.4) is 0 Å². The van der Waals surface area contributed by atoms with Crippen LogP contribution in [0.25, 0.3) is 0 Å². The third-order valence-corrected chi connectivity index (χ3v) is 1.69. The second kappa shape index (κ2) is 3.82. The molecule has 1 aliphatic rings. The van der Waals surface area contributed by atoms with Crippen molar-refractivity contribution in [3.05, 3.63) is 0 Å². The largest absolute Gasteiger partial charge is 0.353 e. The maximum Gasteiger partial charge on any atom is 0.253 e. The third kappa shape index (κ3) is 2.42. The van der Waals surface area contributed by atoms with Crippen molar-refractivity contribution in [2.75, 3.05) is 26.4 Å². The van der Waals surface area contributed by atoms with Gasteiger partial charge in [0.05, 0.1) is 6.61 Å². The Balaban J connectivity index is 2.41. The Bertz CT molecular complexity index is 169. The van der Waals surface area contributed by atoms with Gasteiger partial charge in [-0.1, -0.05) is 0 Å². The number of hydrogen-bond acceptors (Lipinski definition) is 3. The molecular formula is C7H13FN2O2. The molecule has 0 radical (unpaired) electrons. The van der Waals surface area contributed by atoms with Gasteiger partial charge in [-0.3, -0.25) is 4.79 Å². The van der Waals surface area contributed by atoms with E-state index in [0.717, 1.165) is 6.54 Å². The van der Waals surface area contributed by atoms with E-state index in [-0.39, 0.29) is 0 Å². The van der Waals surface area contributed by atoms with E-state index in [9.17, 15) is 9.18 Å². The summed E-state index contributed by atoms with van der Waals surface area (Å²) in [5.41, 5.74) is -0.749. The second-order valence-electron chi connectivity index (χ2n) is 2.94. The molecule has 1 fully saturated rings. The van der Waals surface area contributed by atoms with Gasteiger partial charge in [0.25, 0.3) is 5.91 Å². The number of nitrogens with one attached hydrogen (secondary N) is 2. The number of carbonyl (C=O) groups excluding carboxylic acids is 1. The van der Waals surface area contributed by atoms with Crippen LogP contribution in [0.15, 0.2) is 0 Å². The number of ether oxygens (including phenoxy) is 1. The fraction of sp³-hybridized carbons (Fsp3) is 0.857. The van der Waals surface area contributed by atoms with Crippen molar-refractivity contribution in [3.8, 4) is 0 Å². The van der Waals surface area contributed by atoms with Gasteiger partial charge in [0.15, 0.2) is 12.4 Å². The highest BCUT2D eigenvalue weighted by molar-refractivity contribution is 5.77. The van der Waals surface area contributed by atoms with E-state index in [1.54, 1.807) is 6.92 Å². The van der Waals surface area contributed by atoms with Gasteiger partial charge in [-0.2, -0.15) is 0 Å². The van der Waals surface area contributed by atoms with Gasteiger partial charge in [-0.05, 0) is 6.92 Å². The number of amides is 1. The Hall–Kier alpha value is -0.680. The van der Waals surface area contributed by atoms with Gasteiger partial charge < -0.3 is 15.4 Å². The SMILES string of the molecule is CC1(NC(=O)CF)CNCCO1. The van der Waals surface area contributed by atoms with Gasteiger partial charge in [0.2, 0.25) is 0 Å². The molecule has 5 heteroatoms. The Morgan fingerprint density at radius 2 is 2.58 bits per heavy atom. The topological polar surface area (TPSA) is 50.4 Å². The fourth-order valence-corrected chi connectivity index (χ4v) is 1.14. The van der Waals surface area contributed by atoms with Gasteiger partial charge in [0.1, 0.15) is 0 Å². The molecule has 1 heterocycles. The summed E-state index contributed by atoms with van der Waals surface area (Å²) in [5, 5.41) is 5.49. The van der Waals surface area contributed by atoms with Gasteiger partial charge >= 0.3 is 0 Å².